The molecule has 0 aromatic carbocycles. The van der Waals surface area contributed by atoms with Crippen molar-refractivity contribution in [1.82, 2.24) is 9.80 Å². The van der Waals surface area contributed by atoms with E-state index in [0.717, 1.165) is 11.3 Å². The number of nitrogens with zero attached hydrogens (tertiary/aromatic N) is 2. The number of amides is 2. The lowest BCUT2D eigenvalue weighted by Gasteiger charge is -2.39. The second-order valence-electron chi connectivity index (χ2n) is 7.05. The van der Waals surface area contributed by atoms with Gasteiger partial charge in [0.1, 0.15) is 5.60 Å². The standard InChI is InChI=1S/C15H26N2O6/c1-14(2,3)23-13(22)17-7-5-6-15(17,4)9-16(10-19)11(8-18)12(20)21/h10-11,18H,5-9H2,1-4H3,(H,20,21)/t11-,15?/m0/s1. The number of hydrogen-bond acceptors (Lipinski definition) is 5. The summed E-state index contributed by atoms with van der Waals surface area (Å²) in [5.41, 5.74) is -1.37. The van der Waals surface area contributed by atoms with Crippen molar-refractivity contribution in [2.45, 2.75) is 57.7 Å². The van der Waals surface area contributed by atoms with Gasteiger partial charge in [-0.2, -0.15) is 0 Å². The topological polar surface area (TPSA) is 107 Å². The molecule has 0 bridgehead atoms. The zero-order valence-electron chi connectivity index (χ0n) is 14.1. The van der Waals surface area contributed by atoms with E-state index in [1.807, 2.05) is 0 Å². The van der Waals surface area contributed by atoms with E-state index in [0.29, 0.717) is 19.4 Å². The van der Waals surface area contributed by atoms with Gasteiger partial charge >= 0.3 is 12.1 Å². The van der Waals surface area contributed by atoms with Crippen LogP contribution < -0.4 is 0 Å². The molecule has 1 unspecified atom stereocenters. The number of likely N-dealkylation sites (tertiary alicyclic amines) is 1. The SMILES string of the molecule is CC(C)(C)OC(=O)N1CCCC1(C)CN(C=O)[C@@H](CO)C(=O)O. The molecule has 1 aliphatic rings. The van der Waals surface area contributed by atoms with Crippen molar-refractivity contribution in [1.29, 1.82) is 0 Å². The first-order valence-corrected chi connectivity index (χ1v) is 7.59. The van der Waals surface area contributed by atoms with Crippen molar-refractivity contribution >= 4 is 18.5 Å². The Kier molecular flexibility index (Phi) is 5.98. The van der Waals surface area contributed by atoms with E-state index in [4.69, 9.17) is 9.84 Å². The predicted octanol–water partition coefficient (Wildman–Crippen LogP) is 0.680. The van der Waals surface area contributed by atoms with Crippen LogP contribution in [-0.4, -0.2) is 75.4 Å². The molecule has 1 heterocycles. The van der Waals surface area contributed by atoms with Gasteiger partial charge in [-0.25, -0.2) is 9.59 Å². The molecule has 8 heteroatoms. The van der Waals surface area contributed by atoms with Crippen LogP contribution in [0.3, 0.4) is 0 Å². The van der Waals surface area contributed by atoms with Gasteiger partial charge in [0.05, 0.1) is 12.1 Å². The maximum atomic E-state index is 12.4. The van der Waals surface area contributed by atoms with Gasteiger partial charge in [0, 0.05) is 13.1 Å². The average molecular weight is 330 g/mol. The summed E-state index contributed by atoms with van der Waals surface area (Å²) in [6.45, 7) is 6.91. The van der Waals surface area contributed by atoms with Crippen LogP contribution >= 0.6 is 0 Å². The Morgan fingerprint density at radius 1 is 1.43 bits per heavy atom. The molecule has 1 aliphatic heterocycles. The first kappa shape index (κ1) is 19.2. The number of rotatable bonds is 6. The van der Waals surface area contributed by atoms with E-state index in [-0.39, 0.29) is 6.54 Å². The van der Waals surface area contributed by atoms with Crippen LogP contribution in [0, 0.1) is 0 Å². The lowest BCUT2D eigenvalue weighted by atomic mass is 9.97. The monoisotopic (exact) mass is 330 g/mol. The molecular formula is C15H26N2O6. The molecule has 1 fully saturated rings. The zero-order valence-corrected chi connectivity index (χ0v) is 14.1. The largest absolute Gasteiger partial charge is 0.480 e. The fraction of sp³-hybridized carbons (Fsp3) is 0.800. The molecule has 2 atom stereocenters. The number of aliphatic hydroxyl groups is 1. The van der Waals surface area contributed by atoms with Gasteiger partial charge in [-0.15, -0.1) is 0 Å². The lowest BCUT2D eigenvalue weighted by Crippen LogP contribution is -2.56. The second-order valence-corrected chi connectivity index (χ2v) is 7.05. The van der Waals surface area contributed by atoms with E-state index in [1.165, 1.54) is 4.90 Å². The van der Waals surface area contributed by atoms with E-state index in [9.17, 15) is 19.5 Å². The van der Waals surface area contributed by atoms with Crippen LogP contribution in [-0.2, 0) is 14.3 Å². The maximum Gasteiger partial charge on any atom is 0.410 e. The number of aliphatic hydroxyl groups excluding tert-OH is 1. The number of ether oxygens (including phenoxy) is 1. The predicted molar refractivity (Wildman–Crippen MR) is 81.9 cm³/mol. The minimum absolute atomic E-state index is 0.0211. The van der Waals surface area contributed by atoms with E-state index >= 15 is 0 Å². The van der Waals surface area contributed by atoms with E-state index < -0.39 is 35.9 Å². The molecule has 0 aromatic rings. The third-order valence-electron chi connectivity index (χ3n) is 3.88. The molecule has 132 valence electrons. The van der Waals surface area contributed by atoms with Gasteiger partial charge in [-0.1, -0.05) is 0 Å². The molecule has 0 radical (unpaired) electrons. The molecule has 1 saturated heterocycles. The number of carboxylic acid groups (broad SMARTS) is 1. The van der Waals surface area contributed by atoms with Gasteiger partial charge in [-0.05, 0) is 40.5 Å². The Bertz CT molecular complexity index is 461. The van der Waals surface area contributed by atoms with Crippen molar-refractivity contribution in [3.8, 4) is 0 Å². The van der Waals surface area contributed by atoms with Crippen molar-refractivity contribution in [3.05, 3.63) is 0 Å². The Labute approximate surface area is 136 Å². The molecule has 0 spiro atoms. The fourth-order valence-corrected chi connectivity index (χ4v) is 2.76. The molecular weight excluding hydrogens is 304 g/mol. The highest BCUT2D eigenvalue weighted by atomic mass is 16.6. The van der Waals surface area contributed by atoms with Crippen LogP contribution in [0.1, 0.15) is 40.5 Å². The number of aliphatic carboxylic acids is 1. The molecule has 2 amide bonds. The van der Waals surface area contributed by atoms with Gasteiger partial charge < -0.3 is 24.7 Å². The molecule has 0 saturated carbocycles. The van der Waals surface area contributed by atoms with Gasteiger partial charge in [0.25, 0.3) is 0 Å². The van der Waals surface area contributed by atoms with Crippen molar-refractivity contribution < 1.29 is 29.3 Å². The van der Waals surface area contributed by atoms with Crippen LogP contribution in [0.15, 0.2) is 0 Å². The quantitative estimate of drug-likeness (QED) is 0.694. The summed E-state index contributed by atoms with van der Waals surface area (Å²) in [5.74, 6) is -1.29. The van der Waals surface area contributed by atoms with Crippen molar-refractivity contribution in [2.24, 2.45) is 0 Å². The van der Waals surface area contributed by atoms with E-state index in [1.54, 1.807) is 27.7 Å². The average Bonchev–Trinajstić information content (AvgIpc) is 2.78. The first-order chi connectivity index (χ1) is 10.5. The van der Waals surface area contributed by atoms with Gasteiger partial charge in [0.2, 0.25) is 6.41 Å². The highest BCUT2D eigenvalue weighted by molar-refractivity contribution is 5.76. The van der Waals surface area contributed by atoms with E-state index in [2.05, 4.69) is 0 Å². The lowest BCUT2D eigenvalue weighted by molar-refractivity contribution is -0.149. The van der Waals surface area contributed by atoms with Crippen molar-refractivity contribution in [2.75, 3.05) is 19.7 Å². The fourth-order valence-electron chi connectivity index (χ4n) is 2.76. The summed E-state index contributed by atoms with van der Waals surface area (Å²) in [7, 11) is 0. The Hall–Kier alpha value is -1.83. The molecule has 1 rings (SSSR count). The highest BCUT2D eigenvalue weighted by Crippen LogP contribution is 2.31. The number of carbonyl (C=O) groups is 3. The van der Waals surface area contributed by atoms with Crippen LogP contribution in [0.5, 0.6) is 0 Å². The van der Waals surface area contributed by atoms with Gasteiger partial charge in [0.15, 0.2) is 6.04 Å². The minimum Gasteiger partial charge on any atom is -0.480 e. The Morgan fingerprint density at radius 3 is 2.48 bits per heavy atom. The van der Waals surface area contributed by atoms with Crippen LogP contribution in [0.4, 0.5) is 4.79 Å². The number of carbonyl (C=O) groups excluding carboxylic acids is 2. The molecule has 0 aromatic heterocycles. The molecule has 0 aliphatic carbocycles. The second kappa shape index (κ2) is 7.16. The third kappa shape index (κ3) is 4.82. The maximum absolute atomic E-state index is 12.4. The summed E-state index contributed by atoms with van der Waals surface area (Å²) < 4.78 is 5.38. The molecule has 23 heavy (non-hydrogen) atoms. The Morgan fingerprint density at radius 2 is 2.04 bits per heavy atom. The molecule has 8 nitrogen and oxygen atoms in total. The highest BCUT2D eigenvalue weighted by Gasteiger charge is 2.44. The minimum atomic E-state index is -1.33. The third-order valence-corrected chi connectivity index (χ3v) is 3.88. The zero-order chi connectivity index (χ0) is 17.8. The summed E-state index contributed by atoms with van der Waals surface area (Å²) >= 11 is 0. The summed E-state index contributed by atoms with van der Waals surface area (Å²) in [5, 5.41) is 18.3. The number of hydrogen-bond donors (Lipinski definition) is 2. The summed E-state index contributed by atoms with van der Waals surface area (Å²) in [6.07, 6.45) is 1.26. The number of carboxylic acids is 1. The Balaban J connectivity index is 2.92. The van der Waals surface area contributed by atoms with Crippen molar-refractivity contribution in [3.63, 3.8) is 0 Å². The normalized spacial score (nSPS) is 22.6. The first-order valence-electron chi connectivity index (χ1n) is 7.59. The van der Waals surface area contributed by atoms with Crippen LogP contribution in [0.2, 0.25) is 0 Å². The van der Waals surface area contributed by atoms with Crippen LogP contribution in [0.25, 0.3) is 0 Å². The summed E-state index contributed by atoms with van der Waals surface area (Å²) in [4.78, 5) is 37.3. The summed E-state index contributed by atoms with van der Waals surface area (Å²) in [6, 6.07) is -1.33. The molecule has 2 N–H and O–H groups in total. The smallest absolute Gasteiger partial charge is 0.410 e. The van der Waals surface area contributed by atoms with Gasteiger partial charge in [-0.3, -0.25) is 4.79 Å².